The van der Waals surface area contributed by atoms with Crippen LogP contribution in [0.25, 0.3) is 0 Å². The van der Waals surface area contributed by atoms with Crippen molar-refractivity contribution in [2.45, 2.75) is 37.2 Å². The van der Waals surface area contributed by atoms with Crippen molar-refractivity contribution < 1.29 is 0 Å². The number of rotatable bonds is 6. The third-order valence-corrected chi connectivity index (χ3v) is 4.34. The molecule has 1 N–H and O–H groups in total. The normalized spacial score (nSPS) is 11.0. The van der Waals surface area contributed by atoms with Gasteiger partial charge in [0.2, 0.25) is 0 Å². The van der Waals surface area contributed by atoms with Crippen molar-refractivity contribution in [3.05, 3.63) is 58.7 Å². The van der Waals surface area contributed by atoms with Crippen LogP contribution in [-0.2, 0) is 12.3 Å². The van der Waals surface area contributed by atoms with Gasteiger partial charge in [-0.15, -0.1) is 11.8 Å². The van der Waals surface area contributed by atoms with E-state index >= 15 is 0 Å². The molecule has 0 aliphatic carbocycles. The molecule has 2 nitrogen and oxygen atoms in total. The summed E-state index contributed by atoms with van der Waals surface area (Å²) in [5.74, 6) is 0.839. The molecule has 0 spiro atoms. The highest BCUT2D eigenvalue weighted by molar-refractivity contribution is 7.98. The Hall–Kier alpha value is -1.03. The number of aromatic nitrogens is 1. The van der Waals surface area contributed by atoms with Crippen molar-refractivity contribution >= 4 is 23.4 Å². The highest BCUT2D eigenvalue weighted by Gasteiger charge is 2.06. The van der Waals surface area contributed by atoms with Gasteiger partial charge < -0.3 is 5.32 Å². The maximum atomic E-state index is 6.19. The number of nitrogens with zero attached hydrogens (tertiary/aromatic N) is 1. The minimum absolute atomic E-state index is 0.469. The first-order valence-electron chi connectivity index (χ1n) is 6.70. The van der Waals surface area contributed by atoms with E-state index in [-0.39, 0.29) is 0 Å². The van der Waals surface area contributed by atoms with Crippen LogP contribution in [0, 0.1) is 0 Å². The summed E-state index contributed by atoms with van der Waals surface area (Å²) in [7, 11) is 0. The lowest BCUT2D eigenvalue weighted by molar-refractivity contribution is 0.582. The van der Waals surface area contributed by atoms with Gasteiger partial charge in [0.1, 0.15) is 5.03 Å². The van der Waals surface area contributed by atoms with Crippen LogP contribution < -0.4 is 5.32 Å². The lowest BCUT2D eigenvalue weighted by Crippen LogP contribution is -2.22. The second kappa shape index (κ2) is 7.67. The first-order valence-corrected chi connectivity index (χ1v) is 8.06. The summed E-state index contributed by atoms with van der Waals surface area (Å²) in [4.78, 5) is 4.48. The van der Waals surface area contributed by atoms with Crippen molar-refractivity contribution in [1.29, 1.82) is 0 Å². The van der Waals surface area contributed by atoms with Crippen LogP contribution in [-0.4, -0.2) is 11.0 Å². The molecule has 0 bridgehead atoms. The van der Waals surface area contributed by atoms with Crippen molar-refractivity contribution in [3.63, 3.8) is 0 Å². The number of thioether (sulfide) groups is 1. The third kappa shape index (κ3) is 4.51. The molecule has 4 heteroatoms. The SMILES string of the molecule is CC(C)NCc1cccnc1SCc1ccccc1Cl. The Morgan fingerprint density at radius 1 is 1.15 bits per heavy atom. The first kappa shape index (κ1) is 15.4. The van der Waals surface area contributed by atoms with Crippen molar-refractivity contribution in [1.82, 2.24) is 10.3 Å². The number of hydrogen-bond donors (Lipinski definition) is 1. The number of halogens is 1. The largest absolute Gasteiger partial charge is 0.310 e. The van der Waals surface area contributed by atoms with Gasteiger partial charge in [-0.2, -0.15) is 0 Å². The summed E-state index contributed by atoms with van der Waals surface area (Å²) >= 11 is 7.92. The number of nitrogens with one attached hydrogen (secondary N) is 1. The summed E-state index contributed by atoms with van der Waals surface area (Å²) in [5.41, 5.74) is 2.38. The van der Waals surface area contributed by atoms with Crippen LogP contribution in [0.3, 0.4) is 0 Å². The molecule has 2 aromatic rings. The molecule has 1 aromatic heterocycles. The molecule has 0 radical (unpaired) electrons. The third-order valence-electron chi connectivity index (χ3n) is 2.87. The van der Waals surface area contributed by atoms with Gasteiger partial charge in [-0.3, -0.25) is 0 Å². The monoisotopic (exact) mass is 306 g/mol. The molecule has 2 rings (SSSR count). The Kier molecular flexibility index (Phi) is 5.89. The standard InChI is InChI=1S/C16H19ClN2S/c1-12(2)19-10-13-7-5-9-18-16(13)20-11-14-6-3-4-8-15(14)17/h3-9,12,19H,10-11H2,1-2H3. The van der Waals surface area contributed by atoms with Gasteiger partial charge in [0.25, 0.3) is 0 Å². The Morgan fingerprint density at radius 3 is 2.65 bits per heavy atom. The van der Waals surface area contributed by atoms with E-state index in [1.165, 1.54) is 5.56 Å². The molecule has 0 fully saturated rings. The van der Waals surface area contributed by atoms with E-state index in [1.807, 2.05) is 30.5 Å². The highest BCUT2D eigenvalue weighted by Crippen LogP contribution is 2.27. The summed E-state index contributed by atoms with van der Waals surface area (Å²) in [6.45, 7) is 5.14. The molecular weight excluding hydrogens is 288 g/mol. The average molecular weight is 307 g/mol. The Labute approximate surface area is 130 Å². The van der Waals surface area contributed by atoms with Crippen LogP contribution in [0.2, 0.25) is 5.02 Å². The molecule has 0 saturated carbocycles. The Morgan fingerprint density at radius 2 is 1.90 bits per heavy atom. The van der Waals surface area contributed by atoms with E-state index < -0.39 is 0 Å². The van der Waals surface area contributed by atoms with Gasteiger partial charge in [-0.25, -0.2) is 4.98 Å². The van der Waals surface area contributed by atoms with Gasteiger partial charge in [0, 0.05) is 29.6 Å². The fraction of sp³-hybridized carbons (Fsp3) is 0.312. The zero-order chi connectivity index (χ0) is 14.4. The van der Waals surface area contributed by atoms with Crippen molar-refractivity contribution in [2.75, 3.05) is 0 Å². The van der Waals surface area contributed by atoms with Gasteiger partial charge in [0.15, 0.2) is 0 Å². The summed E-state index contributed by atoms with van der Waals surface area (Å²) in [6, 6.07) is 12.5. The predicted molar refractivity (Wildman–Crippen MR) is 87.2 cm³/mol. The van der Waals surface area contributed by atoms with Crippen LogP contribution in [0.5, 0.6) is 0 Å². The van der Waals surface area contributed by atoms with Gasteiger partial charge in [0.05, 0.1) is 0 Å². The number of benzene rings is 1. The molecule has 106 valence electrons. The maximum Gasteiger partial charge on any atom is 0.101 e. The molecule has 20 heavy (non-hydrogen) atoms. The first-order chi connectivity index (χ1) is 9.66. The zero-order valence-electron chi connectivity index (χ0n) is 11.8. The van der Waals surface area contributed by atoms with E-state index in [4.69, 9.17) is 11.6 Å². The molecule has 0 aliphatic rings. The fourth-order valence-electron chi connectivity index (χ4n) is 1.76. The van der Waals surface area contributed by atoms with Crippen molar-refractivity contribution in [2.24, 2.45) is 0 Å². The number of pyridine rings is 1. The van der Waals surface area contributed by atoms with Crippen LogP contribution in [0.15, 0.2) is 47.6 Å². The fourth-order valence-corrected chi connectivity index (χ4v) is 3.05. The lowest BCUT2D eigenvalue weighted by atomic mass is 10.2. The smallest absolute Gasteiger partial charge is 0.101 e. The minimum atomic E-state index is 0.469. The minimum Gasteiger partial charge on any atom is -0.310 e. The maximum absolute atomic E-state index is 6.19. The van der Waals surface area contributed by atoms with Crippen LogP contribution >= 0.6 is 23.4 Å². The topological polar surface area (TPSA) is 24.9 Å². The Bertz CT molecular complexity index is 558. The van der Waals surface area contributed by atoms with Gasteiger partial charge in [-0.1, -0.05) is 49.7 Å². The quantitative estimate of drug-likeness (QED) is 0.794. The molecule has 0 aliphatic heterocycles. The molecule has 0 unspecified atom stereocenters. The summed E-state index contributed by atoms with van der Waals surface area (Å²) < 4.78 is 0. The molecule has 0 atom stereocenters. The van der Waals surface area contributed by atoms with Crippen LogP contribution in [0.1, 0.15) is 25.0 Å². The molecule has 0 amide bonds. The van der Waals surface area contributed by atoms with E-state index in [9.17, 15) is 0 Å². The van der Waals surface area contributed by atoms with E-state index in [0.717, 1.165) is 27.9 Å². The highest BCUT2D eigenvalue weighted by atomic mass is 35.5. The van der Waals surface area contributed by atoms with Gasteiger partial charge in [-0.05, 0) is 23.3 Å². The second-order valence-corrected chi connectivity index (χ2v) is 6.25. The summed E-state index contributed by atoms with van der Waals surface area (Å²) in [6.07, 6.45) is 1.84. The predicted octanol–water partition coefficient (Wildman–Crippen LogP) is 4.53. The van der Waals surface area contributed by atoms with E-state index in [0.29, 0.717) is 6.04 Å². The Balaban J connectivity index is 2.04. The molecule has 1 heterocycles. The molecule has 0 saturated heterocycles. The van der Waals surface area contributed by atoms with Crippen molar-refractivity contribution in [3.8, 4) is 0 Å². The van der Waals surface area contributed by atoms with Crippen LogP contribution in [0.4, 0.5) is 0 Å². The number of hydrogen-bond acceptors (Lipinski definition) is 3. The summed E-state index contributed by atoms with van der Waals surface area (Å²) in [5, 5.41) is 5.32. The zero-order valence-corrected chi connectivity index (χ0v) is 13.3. The molecular formula is C16H19ClN2S. The van der Waals surface area contributed by atoms with E-state index in [2.05, 4.69) is 36.3 Å². The lowest BCUT2D eigenvalue weighted by Gasteiger charge is -2.11. The average Bonchev–Trinajstić information content (AvgIpc) is 2.45. The van der Waals surface area contributed by atoms with Gasteiger partial charge >= 0.3 is 0 Å². The van der Waals surface area contributed by atoms with E-state index in [1.54, 1.807) is 11.8 Å². The second-order valence-electron chi connectivity index (χ2n) is 4.88. The molecule has 1 aromatic carbocycles.